The Hall–Kier alpha value is -1.34. The summed E-state index contributed by atoms with van der Waals surface area (Å²) in [7, 11) is -7.24. The lowest BCUT2D eigenvalue weighted by Gasteiger charge is -2.40. The second-order valence-electron chi connectivity index (χ2n) is 8.25. The Morgan fingerprint density at radius 3 is 2.34 bits per heavy atom. The van der Waals surface area contributed by atoms with Gasteiger partial charge in [-0.15, -0.1) is 11.3 Å². The van der Waals surface area contributed by atoms with Gasteiger partial charge in [-0.1, -0.05) is 30.3 Å². The van der Waals surface area contributed by atoms with Gasteiger partial charge in [-0.2, -0.15) is 17.0 Å². The van der Waals surface area contributed by atoms with E-state index in [1.165, 1.54) is 19.9 Å². The van der Waals surface area contributed by atoms with Gasteiger partial charge in [0.1, 0.15) is 4.21 Å². The van der Waals surface area contributed by atoms with Gasteiger partial charge in [0, 0.05) is 37.6 Å². The highest BCUT2D eigenvalue weighted by molar-refractivity contribution is 7.93. The van der Waals surface area contributed by atoms with E-state index >= 15 is 0 Å². The molecule has 0 saturated carbocycles. The zero-order valence-corrected chi connectivity index (χ0v) is 20.2. The lowest BCUT2D eigenvalue weighted by Crippen LogP contribution is -2.53. The van der Waals surface area contributed by atoms with Crippen molar-refractivity contribution >= 4 is 31.4 Å². The van der Waals surface area contributed by atoms with E-state index in [2.05, 4.69) is 0 Å². The molecule has 11 heteroatoms. The van der Waals surface area contributed by atoms with Crippen molar-refractivity contribution in [3.63, 3.8) is 0 Å². The van der Waals surface area contributed by atoms with Crippen LogP contribution in [-0.4, -0.2) is 70.6 Å². The normalized spacial score (nSPS) is 23.9. The molecule has 1 aromatic heterocycles. The molecule has 0 aliphatic carbocycles. The molecule has 2 aliphatic rings. The number of morpholine rings is 1. The van der Waals surface area contributed by atoms with Crippen molar-refractivity contribution in [2.24, 2.45) is 11.7 Å². The van der Waals surface area contributed by atoms with Crippen LogP contribution in [0.5, 0.6) is 0 Å². The first-order valence-electron chi connectivity index (χ1n) is 10.7. The summed E-state index contributed by atoms with van der Waals surface area (Å²) in [6.45, 7) is 2.20. The second-order valence-corrected chi connectivity index (χ2v) is 13.6. The predicted molar refractivity (Wildman–Crippen MR) is 124 cm³/mol. The van der Waals surface area contributed by atoms with Gasteiger partial charge in [-0.25, -0.2) is 8.42 Å². The molecular weight excluding hydrogens is 470 g/mol. The molecule has 2 saturated heterocycles. The third kappa shape index (κ3) is 5.24. The van der Waals surface area contributed by atoms with Crippen molar-refractivity contribution in [3.8, 4) is 0 Å². The van der Waals surface area contributed by atoms with E-state index in [9.17, 15) is 16.8 Å². The fourth-order valence-electron chi connectivity index (χ4n) is 4.40. The van der Waals surface area contributed by atoms with Crippen LogP contribution in [0, 0.1) is 5.92 Å². The third-order valence-electron chi connectivity index (χ3n) is 6.00. The summed E-state index contributed by atoms with van der Waals surface area (Å²) in [6.07, 6.45) is 0.619. The Morgan fingerprint density at radius 2 is 1.69 bits per heavy atom. The van der Waals surface area contributed by atoms with Crippen molar-refractivity contribution in [1.29, 1.82) is 0 Å². The molecule has 176 valence electrons. The maximum atomic E-state index is 13.4. The Morgan fingerprint density at radius 1 is 0.969 bits per heavy atom. The van der Waals surface area contributed by atoms with Crippen LogP contribution < -0.4 is 5.73 Å². The first kappa shape index (κ1) is 23.8. The molecule has 0 unspecified atom stereocenters. The van der Waals surface area contributed by atoms with Gasteiger partial charge in [-0.05, 0) is 36.0 Å². The first-order chi connectivity index (χ1) is 15.3. The van der Waals surface area contributed by atoms with Gasteiger partial charge in [0.05, 0.1) is 19.0 Å². The van der Waals surface area contributed by atoms with E-state index in [0.29, 0.717) is 50.0 Å². The monoisotopic (exact) mass is 499 g/mol. The molecule has 1 aromatic carbocycles. The van der Waals surface area contributed by atoms with E-state index in [0.717, 1.165) is 10.4 Å². The quantitative estimate of drug-likeness (QED) is 0.621. The van der Waals surface area contributed by atoms with E-state index in [4.69, 9.17) is 10.5 Å². The number of ether oxygens (including phenoxy) is 1. The third-order valence-corrected chi connectivity index (χ3v) is 11.5. The highest BCUT2D eigenvalue weighted by atomic mass is 32.2. The minimum absolute atomic E-state index is 0.0658. The molecule has 4 rings (SSSR count). The average Bonchev–Trinajstić information content (AvgIpc) is 3.30. The van der Waals surface area contributed by atoms with Crippen LogP contribution in [0.15, 0.2) is 46.7 Å². The maximum absolute atomic E-state index is 13.4. The Balaban J connectivity index is 1.59. The summed E-state index contributed by atoms with van der Waals surface area (Å²) in [5, 5.41) is 0. The Labute approximate surface area is 194 Å². The number of thiophene rings is 1. The number of benzene rings is 1. The fourth-order valence-corrected chi connectivity index (χ4v) is 9.06. The molecule has 0 radical (unpaired) electrons. The van der Waals surface area contributed by atoms with Gasteiger partial charge in [0.25, 0.3) is 10.2 Å². The summed E-state index contributed by atoms with van der Waals surface area (Å²) in [4.78, 5) is 0.811. The van der Waals surface area contributed by atoms with Crippen LogP contribution in [0.25, 0.3) is 0 Å². The molecular formula is C21H29N3O5S3. The van der Waals surface area contributed by atoms with Gasteiger partial charge in [0.2, 0.25) is 0 Å². The molecule has 2 aliphatic heterocycles. The second kappa shape index (κ2) is 9.88. The van der Waals surface area contributed by atoms with Crippen molar-refractivity contribution in [3.05, 3.63) is 52.9 Å². The van der Waals surface area contributed by atoms with Crippen molar-refractivity contribution in [2.75, 3.05) is 45.1 Å². The van der Waals surface area contributed by atoms with Gasteiger partial charge >= 0.3 is 0 Å². The van der Waals surface area contributed by atoms with Crippen LogP contribution in [-0.2, 0) is 31.3 Å². The smallest absolute Gasteiger partial charge is 0.282 e. The van der Waals surface area contributed by atoms with Crippen molar-refractivity contribution < 1.29 is 21.6 Å². The minimum Gasteiger partial charge on any atom is -0.379 e. The minimum atomic E-state index is -3.70. The molecule has 2 N–H and O–H groups in total. The molecule has 0 amide bonds. The highest BCUT2D eigenvalue weighted by Gasteiger charge is 2.39. The summed E-state index contributed by atoms with van der Waals surface area (Å²) >= 11 is 1.19. The number of hydrogen-bond donors (Lipinski definition) is 1. The molecule has 32 heavy (non-hydrogen) atoms. The number of nitrogens with zero attached hydrogens (tertiary/aromatic N) is 2. The lowest BCUT2D eigenvalue weighted by atomic mass is 9.86. The standard InChI is InChI=1S/C21H29N3O5S3/c22-13-20-6-7-21(30-20)31(25,26)16-17-12-19(18-4-2-1-3-5-18)15-24(14-17)32(27,28)23-8-10-29-11-9-23/h1-7,17,19H,8-16,22H2/t17-,19-/m0/s1. The summed E-state index contributed by atoms with van der Waals surface area (Å²) in [5.41, 5.74) is 6.67. The molecule has 3 heterocycles. The largest absolute Gasteiger partial charge is 0.379 e. The van der Waals surface area contributed by atoms with E-state index in [1.807, 2.05) is 30.3 Å². The lowest BCUT2D eigenvalue weighted by molar-refractivity contribution is 0.0689. The van der Waals surface area contributed by atoms with Crippen LogP contribution >= 0.6 is 11.3 Å². The predicted octanol–water partition coefficient (Wildman–Crippen LogP) is 1.66. The summed E-state index contributed by atoms with van der Waals surface area (Å²) in [5.74, 6) is -0.460. The molecule has 0 bridgehead atoms. The summed E-state index contributed by atoms with van der Waals surface area (Å²) in [6, 6.07) is 13.1. The number of rotatable bonds is 7. The SMILES string of the molecule is NCc1ccc(S(=O)(=O)C[C@H]2C[C@H](c3ccccc3)CN(S(=O)(=O)N3CCOCC3)C2)s1. The number of hydrogen-bond acceptors (Lipinski definition) is 7. The van der Waals surface area contributed by atoms with Crippen LogP contribution in [0.2, 0.25) is 0 Å². The van der Waals surface area contributed by atoms with Gasteiger partial charge in [-0.3, -0.25) is 0 Å². The van der Waals surface area contributed by atoms with Gasteiger partial charge in [0.15, 0.2) is 9.84 Å². The van der Waals surface area contributed by atoms with E-state index in [-0.39, 0.29) is 24.1 Å². The maximum Gasteiger partial charge on any atom is 0.282 e. The van der Waals surface area contributed by atoms with Crippen molar-refractivity contribution in [2.45, 2.75) is 23.1 Å². The van der Waals surface area contributed by atoms with Crippen LogP contribution in [0.3, 0.4) is 0 Å². The van der Waals surface area contributed by atoms with Gasteiger partial charge < -0.3 is 10.5 Å². The summed E-state index contributed by atoms with van der Waals surface area (Å²) < 4.78 is 61.5. The Bertz CT molecular complexity index is 1110. The molecule has 2 fully saturated rings. The Kier molecular flexibility index (Phi) is 7.35. The topological polar surface area (TPSA) is 110 Å². The molecule has 0 spiro atoms. The van der Waals surface area contributed by atoms with Crippen molar-refractivity contribution in [1.82, 2.24) is 8.61 Å². The average molecular weight is 500 g/mol. The first-order valence-corrected chi connectivity index (χ1v) is 14.6. The zero-order chi connectivity index (χ0) is 22.8. The molecule has 8 nitrogen and oxygen atoms in total. The molecule has 2 atom stereocenters. The number of nitrogens with two attached hydrogens (primary N) is 1. The number of sulfone groups is 1. The number of piperidine rings is 1. The fraction of sp³-hybridized carbons (Fsp3) is 0.524. The zero-order valence-electron chi connectivity index (χ0n) is 17.8. The van der Waals surface area contributed by atoms with Crippen LogP contribution in [0.1, 0.15) is 22.8 Å². The highest BCUT2D eigenvalue weighted by Crippen LogP contribution is 2.35. The van der Waals surface area contributed by atoms with E-state index in [1.54, 1.807) is 12.1 Å². The van der Waals surface area contributed by atoms with E-state index < -0.39 is 20.0 Å². The molecule has 2 aromatic rings. The van der Waals surface area contributed by atoms with Crippen LogP contribution in [0.4, 0.5) is 0 Å².